The Kier molecular flexibility index (Phi) is 4.13. The maximum Gasteiger partial charge on any atom is 0.0730 e. The lowest BCUT2D eigenvalue weighted by Gasteiger charge is -2.17. The quantitative estimate of drug-likeness (QED) is 0.864. The highest BCUT2D eigenvalue weighted by Gasteiger charge is 2.14. The van der Waals surface area contributed by atoms with Crippen LogP contribution >= 0.6 is 0 Å². The average molecular weight is 241 g/mol. The van der Waals surface area contributed by atoms with Crippen molar-refractivity contribution in [2.24, 2.45) is 5.73 Å². The molecule has 0 saturated carbocycles. The van der Waals surface area contributed by atoms with E-state index in [1.54, 1.807) is 0 Å². The number of nitrogens with two attached hydrogens (primary N) is 1. The first kappa shape index (κ1) is 12.8. The average Bonchev–Trinajstić information content (AvgIpc) is 2.47. The summed E-state index contributed by atoms with van der Waals surface area (Å²) in [6, 6.07) is 18.0. The Balaban J connectivity index is 2.20. The van der Waals surface area contributed by atoms with Crippen molar-refractivity contribution in [1.29, 1.82) is 0 Å². The largest absolute Gasteiger partial charge is 0.391 e. The first-order valence-electron chi connectivity index (χ1n) is 6.31. The molecule has 2 rings (SSSR count). The van der Waals surface area contributed by atoms with Crippen LogP contribution in [0.25, 0.3) is 11.1 Å². The second kappa shape index (κ2) is 5.80. The maximum atomic E-state index is 9.74. The van der Waals surface area contributed by atoms with Gasteiger partial charge in [0.2, 0.25) is 0 Å². The molecule has 0 aliphatic rings. The third kappa shape index (κ3) is 2.78. The van der Waals surface area contributed by atoms with Crippen LogP contribution in [0.3, 0.4) is 0 Å². The molecule has 0 saturated heterocycles. The molecule has 2 atom stereocenters. The molecule has 3 N–H and O–H groups in total. The lowest BCUT2D eigenvalue weighted by atomic mass is 9.97. The number of benzene rings is 2. The van der Waals surface area contributed by atoms with Crippen LogP contribution in [-0.4, -0.2) is 11.2 Å². The fourth-order valence-corrected chi connectivity index (χ4v) is 2.00. The van der Waals surface area contributed by atoms with Gasteiger partial charge in [-0.2, -0.15) is 0 Å². The van der Waals surface area contributed by atoms with Crippen molar-refractivity contribution >= 4 is 0 Å². The lowest BCUT2D eigenvalue weighted by Crippen LogP contribution is -2.25. The Morgan fingerprint density at radius 3 is 2.06 bits per heavy atom. The van der Waals surface area contributed by atoms with Gasteiger partial charge in [-0.15, -0.1) is 0 Å². The Morgan fingerprint density at radius 1 is 0.944 bits per heavy atom. The molecule has 0 radical (unpaired) electrons. The standard InChI is InChI=1S/C16H19NO/c1-2-15(18)16(17)14-10-8-13(9-11-14)12-6-4-3-5-7-12/h3-11,15-16,18H,2,17H2,1H3. The minimum atomic E-state index is -0.479. The van der Waals surface area contributed by atoms with Gasteiger partial charge in [-0.3, -0.25) is 0 Å². The van der Waals surface area contributed by atoms with E-state index >= 15 is 0 Å². The third-order valence-corrected chi connectivity index (χ3v) is 3.24. The van der Waals surface area contributed by atoms with Crippen LogP contribution < -0.4 is 5.73 Å². The van der Waals surface area contributed by atoms with Crippen molar-refractivity contribution in [1.82, 2.24) is 0 Å². The second-order valence-electron chi connectivity index (χ2n) is 4.49. The van der Waals surface area contributed by atoms with E-state index in [4.69, 9.17) is 5.73 Å². The van der Waals surface area contributed by atoms with Gasteiger partial charge in [0.1, 0.15) is 0 Å². The highest BCUT2D eigenvalue weighted by Crippen LogP contribution is 2.22. The first-order chi connectivity index (χ1) is 8.72. The molecular weight excluding hydrogens is 222 g/mol. The molecule has 0 heterocycles. The summed E-state index contributed by atoms with van der Waals surface area (Å²) < 4.78 is 0. The van der Waals surface area contributed by atoms with E-state index in [-0.39, 0.29) is 6.04 Å². The molecule has 94 valence electrons. The molecule has 0 bridgehead atoms. The highest BCUT2D eigenvalue weighted by atomic mass is 16.3. The number of rotatable bonds is 4. The summed E-state index contributed by atoms with van der Waals surface area (Å²) in [7, 11) is 0. The molecule has 0 aromatic heterocycles. The molecule has 2 aromatic carbocycles. The van der Waals surface area contributed by atoms with Gasteiger partial charge in [0, 0.05) is 0 Å². The normalized spacial score (nSPS) is 14.2. The minimum Gasteiger partial charge on any atom is -0.391 e. The van der Waals surface area contributed by atoms with Crippen molar-refractivity contribution in [3.63, 3.8) is 0 Å². The summed E-state index contributed by atoms with van der Waals surface area (Å²) in [6.45, 7) is 1.93. The Morgan fingerprint density at radius 2 is 1.50 bits per heavy atom. The van der Waals surface area contributed by atoms with E-state index in [1.165, 1.54) is 5.56 Å². The number of aliphatic hydroxyl groups excluding tert-OH is 1. The molecule has 2 unspecified atom stereocenters. The Labute approximate surface area is 108 Å². The number of hydrogen-bond donors (Lipinski definition) is 2. The van der Waals surface area contributed by atoms with E-state index in [0.29, 0.717) is 6.42 Å². The van der Waals surface area contributed by atoms with Crippen LogP contribution in [0.2, 0.25) is 0 Å². The topological polar surface area (TPSA) is 46.2 Å². The zero-order valence-corrected chi connectivity index (χ0v) is 10.6. The molecule has 2 nitrogen and oxygen atoms in total. The summed E-state index contributed by atoms with van der Waals surface area (Å²) in [6.07, 6.45) is 0.189. The lowest BCUT2D eigenvalue weighted by molar-refractivity contribution is 0.141. The van der Waals surface area contributed by atoms with Gasteiger partial charge < -0.3 is 10.8 Å². The van der Waals surface area contributed by atoms with E-state index < -0.39 is 6.10 Å². The van der Waals surface area contributed by atoms with Gasteiger partial charge in [-0.1, -0.05) is 61.5 Å². The van der Waals surface area contributed by atoms with Gasteiger partial charge in [0.15, 0.2) is 0 Å². The van der Waals surface area contributed by atoms with Gasteiger partial charge >= 0.3 is 0 Å². The molecule has 0 spiro atoms. The fourth-order valence-electron chi connectivity index (χ4n) is 2.00. The SMILES string of the molecule is CCC(O)C(N)c1ccc(-c2ccccc2)cc1. The Bertz CT molecular complexity index is 478. The van der Waals surface area contributed by atoms with Crippen molar-refractivity contribution in [2.45, 2.75) is 25.5 Å². The molecular formula is C16H19NO. The molecule has 0 amide bonds. The summed E-state index contributed by atoms with van der Waals surface area (Å²) >= 11 is 0. The van der Waals surface area contributed by atoms with Crippen LogP contribution in [0.1, 0.15) is 24.9 Å². The minimum absolute atomic E-state index is 0.306. The monoisotopic (exact) mass is 241 g/mol. The van der Waals surface area contributed by atoms with Crippen molar-refractivity contribution < 1.29 is 5.11 Å². The van der Waals surface area contributed by atoms with Crippen LogP contribution in [0.15, 0.2) is 54.6 Å². The second-order valence-corrected chi connectivity index (χ2v) is 4.49. The molecule has 2 aromatic rings. The molecule has 18 heavy (non-hydrogen) atoms. The molecule has 2 heteroatoms. The van der Waals surface area contributed by atoms with Crippen LogP contribution in [-0.2, 0) is 0 Å². The summed E-state index contributed by atoms with van der Waals surface area (Å²) in [5.41, 5.74) is 9.32. The summed E-state index contributed by atoms with van der Waals surface area (Å²) in [4.78, 5) is 0. The van der Waals surface area contributed by atoms with Gasteiger partial charge in [-0.25, -0.2) is 0 Å². The van der Waals surface area contributed by atoms with Crippen LogP contribution in [0.5, 0.6) is 0 Å². The highest BCUT2D eigenvalue weighted by molar-refractivity contribution is 5.63. The zero-order valence-electron chi connectivity index (χ0n) is 10.6. The van der Waals surface area contributed by atoms with Gasteiger partial charge in [0.05, 0.1) is 12.1 Å². The maximum absolute atomic E-state index is 9.74. The molecule has 0 fully saturated rings. The molecule has 0 aliphatic heterocycles. The van der Waals surface area contributed by atoms with E-state index in [2.05, 4.69) is 12.1 Å². The Hall–Kier alpha value is -1.64. The summed E-state index contributed by atoms with van der Waals surface area (Å²) in [5.74, 6) is 0. The van der Waals surface area contributed by atoms with Gasteiger partial charge in [-0.05, 0) is 23.1 Å². The number of hydrogen-bond acceptors (Lipinski definition) is 2. The van der Waals surface area contributed by atoms with Gasteiger partial charge in [0.25, 0.3) is 0 Å². The zero-order chi connectivity index (χ0) is 13.0. The van der Waals surface area contributed by atoms with Crippen molar-refractivity contribution in [3.8, 4) is 11.1 Å². The summed E-state index contributed by atoms with van der Waals surface area (Å²) in [5, 5.41) is 9.74. The third-order valence-electron chi connectivity index (χ3n) is 3.24. The van der Waals surface area contributed by atoms with E-state index in [0.717, 1.165) is 11.1 Å². The van der Waals surface area contributed by atoms with Crippen LogP contribution in [0, 0.1) is 0 Å². The van der Waals surface area contributed by atoms with E-state index in [1.807, 2.05) is 49.4 Å². The van der Waals surface area contributed by atoms with Crippen molar-refractivity contribution in [2.75, 3.05) is 0 Å². The van der Waals surface area contributed by atoms with Crippen LogP contribution in [0.4, 0.5) is 0 Å². The first-order valence-corrected chi connectivity index (χ1v) is 6.31. The number of aliphatic hydroxyl groups is 1. The molecule has 0 aliphatic carbocycles. The van der Waals surface area contributed by atoms with E-state index in [9.17, 15) is 5.11 Å². The predicted molar refractivity (Wildman–Crippen MR) is 75.1 cm³/mol. The predicted octanol–water partition coefficient (Wildman–Crippen LogP) is 3.12. The smallest absolute Gasteiger partial charge is 0.0730 e. The van der Waals surface area contributed by atoms with Crippen molar-refractivity contribution in [3.05, 3.63) is 60.2 Å². The fraction of sp³-hybridized carbons (Fsp3) is 0.250.